The number of para-hydroxylation sites is 1. The van der Waals surface area contributed by atoms with E-state index in [1.807, 2.05) is 18.2 Å². The van der Waals surface area contributed by atoms with Crippen molar-refractivity contribution in [2.45, 2.75) is 13.2 Å². The fourth-order valence-electron chi connectivity index (χ4n) is 1.80. The highest BCUT2D eigenvalue weighted by atomic mass is 16.5. The Bertz CT molecular complexity index is 493. The Morgan fingerprint density at radius 3 is 2.81 bits per heavy atom. The molecule has 0 bridgehead atoms. The summed E-state index contributed by atoms with van der Waals surface area (Å²) >= 11 is 0. The molecule has 0 atom stereocenters. The number of fused-ring (bicyclic) bond motifs is 1. The molecular formula is C11H14N2O3. The van der Waals surface area contributed by atoms with E-state index in [-0.39, 0.29) is 13.2 Å². The molecule has 0 unspecified atom stereocenters. The molecule has 86 valence electrons. The second kappa shape index (κ2) is 4.51. The molecule has 5 nitrogen and oxygen atoms in total. The number of nitrogens with zero attached hydrogens (tertiary/aromatic N) is 2. The van der Waals surface area contributed by atoms with Crippen LogP contribution < -0.4 is 4.74 Å². The molecule has 0 aliphatic carbocycles. The molecule has 5 heteroatoms. The fourth-order valence-corrected chi connectivity index (χ4v) is 1.80. The topological polar surface area (TPSA) is 67.5 Å². The molecule has 2 rings (SSSR count). The predicted octanol–water partition coefficient (Wildman–Crippen LogP) is 0.529. The molecular weight excluding hydrogens is 208 g/mol. The van der Waals surface area contributed by atoms with Crippen LogP contribution in [0.15, 0.2) is 18.2 Å². The molecule has 1 aromatic carbocycles. The Morgan fingerprint density at radius 1 is 1.38 bits per heavy atom. The van der Waals surface area contributed by atoms with E-state index >= 15 is 0 Å². The van der Waals surface area contributed by atoms with Crippen molar-refractivity contribution in [2.24, 2.45) is 0 Å². The first kappa shape index (κ1) is 10.9. The van der Waals surface area contributed by atoms with Crippen molar-refractivity contribution in [3.05, 3.63) is 24.0 Å². The van der Waals surface area contributed by atoms with Crippen LogP contribution in [0.25, 0.3) is 11.0 Å². The third-order valence-electron chi connectivity index (χ3n) is 2.51. The van der Waals surface area contributed by atoms with Crippen LogP contribution in [0.2, 0.25) is 0 Å². The third-order valence-corrected chi connectivity index (χ3v) is 2.51. The third kappa shape index (κ3) is 1.64. The summed E-state index contributed by atoms with van der Waals surface area (Å²) in [5.74, 6) is 1.21. The molecule has 0 saturated carbocycles. The molecule has 0 fully saturated rings. The molecule has 1 heterocycles. The van der Waals surface area contributed by atoms with Crippen molar-refractivity contribution in [3.8, 4) is 5.75 Å². The van der Waals surface area contributed by atoms with Gasteiger partial charge in [-0.15, -0.1) is 0 Å². The largest absolute Gasteiger partial charge is 0.494 e. The average Bonchev–Trinajstić information content (AvgIpc) is 2.68. The van der Waals surface area contributed by atoms with Gasteiger partial charge in [-0.2, -0.15) is 0 Å². The van der Waals surface area contributed by atoms with E-state index in [2.05, 4.69) is 4.98 Å². The van der Waals surface area contributed by atoms with E-state index in [1.54, 1.807) is 11.7 Å². The summed E-state index contributed by atoms with van der Waals surface area (Å²) in [6.07, 6.45) is 0. The van der Waals surface area contributed by atoms with Gasteiger partial charge in [-0.25, -0.2) is 4.98 Å². The van der Waals surface area contributed by atoms with Gasteiger partial charge >= 0.3 is 0 Å². The number of imidazole rings is 1. The number of benzene rings is 1. The number of hydrogen-bond donors (Lipinski definition) is 2. The van der Waals surface area contributed by atoms with Crippen LogP contribution in [0, 0.1) is 0 Å². The van der Waals surface area contributed by atoms with Crippen molar-refractivity contribution in [1.82, 2.24) is 9.55 Å². The maximum absolute atomic E-state index is 9.20. The van der Waals surface area contributed by atoms with Gasteiger partial charge in [-0.05, 0) is 12.1 Å². The van der Waals surface area contributed by atoms with E-state index < -0.39 is 0 Å². The van der Waals surface area contributed by atoms with Gasteiger partial charge in [-0.1, -0.05) is 6.07 Å². The van der Waals surface area contributed by atoms with Gasteiger partial charge in [0, 0.05) is 6.54 Å². The zero-order chi connectivity index (χ0) is 11.5. The minimum Gasteiger partial charge on any atom is -0.494 e. The van der Waals surface area contributed by atoms with Gasteiger partial charge in [-0.3, -0.25) is 0 Å². The first-order valence-electron chi connectivity index (χ1n) is 5.05. The lowest BCUT2D eigenvalue weighted by Crippen LogP contribution is -2.06. The van der Waals surface area contributed by atoms with Crippen LogP contribution in [0.3, 0.4) is 0 Å². The highest BCUT2D eigenvalue weighted by Gasteiger charge is 2.12. The maximum atomic E-state index is 9.20. The van der Waals surface area contributed by atoms with Crippen molar-refractivity contribution < 1.29 is 14.9 Å². The second-order valence-corrected chi connectivity index (χ2v) is 3.39. The lowest BCUT2D eigenvalue weighted by atomic mass is 10.3. The number of rotatable bonds is 4. The first-order chi connectivity index (χ1) is 7.81. The molecule has 0 radical (unpaired) electrons. The summed E-state index contributed by atoms with van der Waals surface area (Å²) < 4.78 is 6.99. The lowest BCUT2D eigenvalue weighted by Gasteiger charge is -2.05. The molecule has 0 aliphatic rings. The van der Waals surface area contributed by atoms with E-state index in [0.29, 0.717) is 23.6 Å². The molecule has 1 aromatic heterocycles. The number of methoxy groups -OCH3 is 1. The summed E-state index contributed by atoms with van der Waals surface area (Å²) in [5, 5.41) is 18.2. The van der Waals surface area contributed by atoms with Crippen LogP contribution in [-0.4, -0.2) is 33.5 Å². The van der Waals surface area contributed by atoms with Gasteiger partial charge < -0.3 is 19.5 Å². The SMILES string of the molecule is COc1cccc2c1nc(CO)n2CCO. The van der Waals surface area contributed by atoms with Crippen molar-refractivity contribution in [2.75, 3.05) is 13.7 Å². The van der Waals surface area contributed by atoms with E-state index in [9.17, 15) is 5.11 Å². The van der Waals surface area contributed by atoms with Gasteiger partial charge in [0.05, 0.1) is 19.2 Å². The fraction of sp³-hybridized carbons (Fsp3) is 0.364. The predicted molar refractivity (Wildman–Crippen MR) is 59.3 cm³/mol. The van der Waals surface area contributed by atoms with Gasteiger partial charge in [0.15, 0.2) is 0 Å². The number of aromatic nitrogens is 2. The quantitative estimate of drug-likeness (QED) is 0.791. The van der Waals surface area contributed by atoms with Gasteiger partial charge in [0.2, 0.25) is 0 Å². The molecule has 0 amide bonds. The van der Waals surface area contributed by atoms with Crippen LogP contribution >= 0.6 is 0 Å². The van der Waals surface area contributed by atoms with Gasteiger partial charge in [0.1, 0.15) is 23.7 Å². The second-order valence-electron chi connectivity index (χ2n) is 3.39. The van der Waals surface area contributed by atoms with E-state index in [4.69, 9.17) is 9.84 Å². The highest BCUT2D eigenvalue weighted by molar-refractivity contribution is 5.82. The Morgan fingerprint density at radius 2 is 2.19 bits per heavy atom. The monoisotopic (exact) mass is 222 g/mol. The zero-order valence-electron chi connectivity index (χ0n) is 9.05. The number of hydrogen-bond acceptors (Lipinski definition) is 4. The molecule has 16 heavy (non-hydrogen) atoms. The first-order valence-corrected chi connectivity index (χ1v) is 5.05. The van der Waals surface area contributed by atoms with Crippen molar-refractivity contribution >= 4 is 11.0 Å². The van der Waals surface area contributed by atoms with Crippen molar-refractivity contribution in [3.63, 3.8) is 0 Å². The van der Waals surface area contributed by atoms with Gasteiger partial charge in [0.25, 0.3) is 0 Å². The number of aliphatic hydroxyl groups excluding tert-OH is 2. The minimum atomic E-state index is -0.155. The Balaban J connectivity index is 2.66. The standard InChI is InChI=1S/C11H14N2O3/c1-16-9-4-2-3-8-11(9)12-10(7-15)13(8)5-6-14/h2-4,14-15H,5-7H2,1H3. The van der Waals surface area contributed by atoms with Crippen LogP contribution in [0.1, 0.15) is 5.82 Å². The smallest absolute Gasteiger partial charge is 0.146 e. The summed E-state index contributed by atoms with van der Waals surface area (Å²) in [6, 6.07) is 5.57. The molecule has 0 aliphatic heterocycles. The molecule has 0 spiro atoms. The Kier molecular flexibility index (Phi) is 3.07. The average molecular weight is 222 g/mol. The summed E-state index contributed by atoms with van der Waals surface area (Å²) in [5.41, 5.74) is 1.57. The summed E-state index contributed by atoms with van der Waals surface area (Å²) in [7, 11) is 1.58. The number of aliphatic hydroxyl groups is 2. The summed E-state index contributed by atoms with van der Waals surface area (Å²) in [6.45, 7) is 0.271. The molecule has 0 saturated heterocycles. The normalized spacial score (nSPS) is 10.9. The summed E-state index contributed by atoms with van der Waals surface area (Å²) in [4.78, 5) is 4.30. The van der Waals surface area contributed by atoms with Crippen LogP contribution in [0.5, 0.6) is 5.75 Å². The van der Waals surface area contributed by atoms with E-state index in [0.717, 1.165) is 5.52 Å². The molecule has 2 aromatic rings. The van der Waals surface area contributed by atoms with Crippen LogP contribution in [0.4, 0.5) is 0 Å². The maximum Gasteiger partial charge on any atom is 0.146 e. The molecule has 2 N–H and O–H groups in total. The highest BCUT2D eigenvalue weighted by Crippen LogP contribution is 2.25. The minimum absolute atomic E-state index is 0.00959. The lowest BCUT2D eigenvalue weighted by molar-refractivity contribution is 0.248. The van der Waals surface area contributed by atoms with Crippen molar-refractivity contribution in [1.29, 1.82) is 0 Å². The Labute approximate surface area is 92.9 Å². The van der Waals surface area contributed by atoms with Crippen LogP contribution in [-0.2, 0) is 13.2 Å². The number of ether oxygens (including phenoxy) is 1. The van der Waals surface area contributed by atoms with E-state index in [1.165, 1.54) is 0 Å². The zero-order valence-corrected chi connectivity index (χ0v) is 9.05. The Hall–Kier alpha value is -1.59.